The Hall–Kier alpha value is -0.780. The molecule has 1 aliphatic carbocycles. The van der Waals surface area contributed by atoms with Crippen LogP contribution in [0.1, 0.15) is 64.2 Å². The molecule has 1 aromatic rings. The first-order chi connectivity index (χ1) is 7.43. The van der Waals surface area contributed by atoms with Crippen molar-refractivity contribution in [2.75, 3.05) is 0 Å². The van der Waals surface area contributed by atoms with E-state index >= 15 is 0 Å². The quantitative estimate of drug-likeness (QED) is 0.693. The average Bonchev–Trinajstić information content (AvgIpc) is 2.26. The molecule has 0 bridgehead atoms. The first-order valence-corrected chi connectivity index (χ1v) is 6.57. The molecular weight excluding hydrogens is 192 g/mol. The third-order valence-electron chi connectivity index (χ3n) is 4.78. The van der Waals surface area contributed by atoms with Gasteiger partial charge in [-0.2, -0.15) is 0 Å². The first-order valence-electron chi connectivity index (χ1n) is 6.57. The van der Waals surface area contributed by atoms with E-state index in [1.807, 2.05) is 0 Å². The number of hydrogen-bond donors (Lipinski definition) is 0. The minimum absolute atomic E-state index is 0.327. The van der Waals surface area contributed by atoms with Gasteiger partial charge in [0, 0.05) is 0 Å². The molecule has 0 radical (unpaired) electrons. The van der Waals surface area contributed by atoms with Gasteiger partial charge in [-0.05, 0) is 46.8 Å². The van der Waals surface area contributed by atoms with Crippen LogP contribution in [0.4, 0.5) is 0 Å². The van der Waals surface area contributed by atoms with Crippen molar-refractivity contribution in [3.63, 3.8) is 0 Å². The molecule has 0 spiro atoms. The highest BCUT2D eigenvalue weighted by molar-refractivity contribution is 5.47. The molecule has 0 nitrogen and oxygen atoms in total. The van der Waals surface area contributed by atoms with Crippen LogP contribution in [-0.2, 0) is 17.3 Å². The van der Waals surface area contributed by atoms with Gasteiger partial charge < -0.3 is 0 Å². The fraction of sp³-hybridized carbons (Fsp3) is 0.625. The van der Waals surface area contributed by atoms with Crippen LogP contribution in [0.2, 0.25) is 0 Å². The second-order valence-electron chi connectivity index (χ2n) is 6.20. The summed E-state index contributed by atoms with van der Waals surface area (Å²) in [4.78, 5) is 0. The van der Waals surface area contributed by atoms with Gasteiger partial charge in [-0.1, -0.05) is 52.8 Å². The normalized spacial score (nSPS) is 23.8. The summed E-state index contributed by atoms with van der Waals surface area (Å²) in [5.41, 5.74) is 5.47. The van der Waals surface area contributed by atoms with E-state index in [1.54, 1.807) is 11.1 Å². The van der Waals surface area contributed by atoms with Gasteiger partial charge in [0.2, 0.25) is 0 Å². The molecule has 0 aromatic heterocycles. The van der Waals surface area contributed by atoms with Crippen LogP contribution in [0.3, 0.4) is 0 Å². The molecular formula is C16H24. The van der Waals surface area contributed by atoms with E-state index in [2.05, 4.69) is 52.8 Å². The maximum absolute atomic E-state index is 2.44. The zero-order valence-corrected chi connectivity index (χ0v) is 11.4. The number of benzene rings is 1. The molecule has 0 aliphatic heterocycles. The first kappa shape index (κ1) is 11.7. The Balaban J connectivity index is 2.35. The minimum Gasteiger partial charge on any atom is -0.0646 e. The zero-order chi connectivity index (χ0) is 12.0. The molecule has 16 heavy (non-hydrogen) atoms. The smallest absolute Gasteiger partial charge is 0.00347 e. The predicted molar refractivity (Wildman–Crippen MR) is 71.1 cm³/mol. The SMILES string of the molecule is CCC(C)(C)c1ccc2c(c1)CC2(C)CC. The lowest BCUT2D eigenvalue weighted by molar-refractivity contribution is 0.392. The van der Waals surface area contributed by atoms with Crippen molar-refractivity contribution < 1.29 is 0 Å². The van der Waals surface area contributed by atoms with Crippen LogP contribution in [0.5, 0.6) is 0 Å². The highest BCUT2D eigenvalue weighted by Crippen LogP contribution is 2.44. The fourth-order valence-corrected chi connectivity index (χ4v) is 2.68. The molecule has 0 N–H and O–H groups in total. The molecule has 88 valence electrons. The van der Waals surface area contributed by atoms with Gasteiger partial charge in [0.1, 0.15) is 0 Å². The number of fused-ring (bicyclic) bond motifs is 1. The number of rotatable bonds is 3. The summed E-state index contributed by atoms with van der Waals surface area (Å²) >= 11 is 0. The molecule has 0 heteroatoms. The lowest BCUT2D eigenvalue weighted by Crippen LogP contribution is -2.35. The van der Waals surface area contributed by atoms with Crippen molar-refractivity contribution in [1.29, 1.82) is 0 Å². The second kappa shape index (κ2) is 3.61. The monoisotopic (exact) mass is 216 g/mol. The summed E-state index contributed by atoms with van der Waals surface area (Å²) in [6, 6.07) is 7.15. The van der Waals surface area contributed by atoms with E-state index in [-0.39, 0.29) is 0 Å². The molecule has 1 unspecified atom stereocenters. The van der Waals surface area contributed by atoms with Gasteiger partial charge in [0.05, 0.1) is 0 Å². The van der Waals surface area contributed by atoms with Crippen LogP contribution in [0.25, 0.3) is 0 Å². The maximum atomic E-state index is 2.44. The molecule has 0 saturated carbocycles. The number of hydrogen-bond acceptors (Lipinski definition) is 0. The summed E-state index contributed by atoms with van der Waals surface area (Å²) in [6.45, 7) is 11.6. The van der Waals surface area contributed by atoms with Crippen LogP contribution in [0, 0.1) is 0 Å². The van der Waals surface area contributed by atoms with E-state index in [0.29, 0.717) is 10.8 Å². The van der Waals surface area contributed by atoms with Crippen molar-refractivity contribution >= 4 is 0 Å². The lowest BCUT2D eigenvalue weighted by Gasteiger charge is -2.42. The summed E-state index contributed by atoms with van der Waals surface area (Å²) in [7, 11) is 0. The van der Waals surface area contributed by atoms with Gasteiger partial charge in [-0.25, -0.2) is 0 Å². The van der Waals surface area contributed by atoms with Gasteiger partial charge in [0.25, 0.3) is 0 Å². The Morgan fingerprint density at radius 2 is 1.94 bits per heavy atom. The van der Waals surface area contributed by atoms with Gasteiger partial charge in [0.15, 0.2) is 0 Å². The molecule has 2 rings (SSSR count). The van der Waals surface area contributed by atoms with Gasteiger partial charge in [-0.15, -0.1) is 0 Å². The van der Waals surface area contributed by atoms with E-state index in [9.17, 15) is 0 Å². The van der Waals surface area contributed by atoms with Crippen molar-refractivity contribution in [1.82, 2.24) is 0 Å². The lowest BCUT2D eigenvalue weighted by atomic mass is 9.62. The standard InChI is InChI=1S/C16H24/c1-6-15(3,4)13-8-9-14-12(10-13)11-16(14,5)7-2/h8-10H,6-7,11H2,1-5H3. The van der Waals surface area contributed by atoms with E-state index in [0.717, 1.165) is 0 Å². The third kappa shape index (κ3) is 1.59. The predicted octanol–water partition coefficient (Wildman–Crippen LogP) is 4.60. The van der Waals surface area contributed by atoms with Gasteiger partial charge in [-0.3, -0.25) is 0 Å². The van der Waals surface area contributed by atoms with E-state index < -0.39 is 0 Å². The summed E-state index contributed by atoms with van der Waals surface area (Å²) in [5.74, 6) is 0. The van der Waals surface area contributed by atoms with Crippen molar-refractivity contribution in [2.45, 2.75) is 64.7 Å². The molecule has 0 fully saturated rings. The van der Waals surface area contributed by atoms with Crippen molar-refractivity contribution in [2.24, 2.45) is 0 Å². The van der Waals surface area contributed by atoms with E-state index in [4.69, 9.17) is 0 Å². The minimum atomic E-state index is 0.327. The summed E-state index contributed by atoms with van der Waals surface area (Å²) < 4.78 is 0. The second-order valence-corrected chi connectivity index (χ2v) is 6.20. The van der Waals surface area contributed by atoms with Crippen LogP contribution < -0.4 is 0 Å². The highest BCUT2D eigenvalue weighted by Gasteiger charge is 2.37. The molecule has 1 aliphatic rings. The van der Waals surface area contributed by atoms with Crippen molar-refractivity contribution in [3.8, 4) is 0 Å². The Bertz CT molecular complexity index is 400. The fourth-order valence-electron chi connectivity index (χ4n) is 2.68. The molecule has 0 heterocycles. The summed E-state index contributed by atoms with van der Waals surface area (Å²) in [6.07, 6.45) is 3.74. The average molecular weight is 216 g/mol. The molecule has 0 amide bonds. The molecule has 1 aromatic carbocycles. The Labute approximate surface area is 100 Å². The third-order valence-corrected chi connectivity index (χ3v) is 4.78. The van der Waals surface area contributed by atoms with Crippen LogP contribution in [0.15, 0.2) is 18.2 Å². The molecule has 1 atom stereocenters. The largest absolute Gasteiger partial charge is 0.0646 e. The Morgan fingerprint density at radius 1 is 1.25 bits per heavy atom. The Kier molecular flexibility index (Phi) is 2.64. The van der Waals surface area contributed by atoms with Crippen LogP contribution in [-0.4, -0.2) is 0 Å². The van der Waals surface area contributed by atoms with E-state index in [1.165, 1.54) is 24.8 Å². The van der Waals surface area contributed by atoms with Crippen molar-refractivity contribution in [3.05, 3.63) is 34.9 Å². The summed E-state index contributed by atoms with van der Waals surface area (Å²) in [5, 5.41) is 0. The van der Waals surface area contributed by atoms with Crippen LogP contribution >= 0.6 is 0 Å². The Morgan fingerprint density at radius 3 is 2.44 bits per heavy atom. The maximum Gasteiger partial charge on any atom is -0.00347 e. The topological polar surface area (TPSA) is 0 Å². The highest BCUT2D eigenvalue weighted by atomic mass is 14.4. The zero-order valence-electron chi connectivity index (χ0n) is 11.4. The van der Waals surface area contributed by atoms with Gasteiger partial charge >= 0.3 is 0 Å². The molecule has 0 saturated heterocycles.